The first-order valence-corrected chi connectivity index (χ1v) is 13.4. The lowest BCUT2D eigenvalue weighted by Gasteiger charge is -2.13. The van der Waals surface area contributed by atoms with Crippen LogP contribution < -0.4 is 10.0 Å². The molecule has 0 aliphatic carbocycles. The number of nitrogens with zero attached hydrogens (tertiary/aromatic N) is 2. The molecular weight excluding hydrogens is 472 g/mol. The summed E-state index contributed by atoms with van der Waals surface area (Å²) in [5.41, 5.74) is 1.73. The van der Waals surface area contributed by atoms with Crippen LogP contribution in [0.15, 0.2) is 64.4 Å². The average Bonchev–Trinajstić information content (AvgIpc) is 3.31. The van der Waals surface area contributed by atoms with Crippen LogP contribution in [0.4, 0.5) is 11.5 Å². The molecule has 0 bridgehead atoms. The maximum absolute atomic E-state index is 12.9. The molecule has 1 amide bonds. The molecule has 0 unspecified atom stereocenters. The van der Waals surface area contributed by atoms with Crippen LogP contribution in [0.2, 0.25) is 0 Å². The van der Waals surface area contributed by atoms with Crippen molar-refractivity contribution in [2.45, 2.75) is 42.6 Å². The van der Waals surface area contributed by atoms with Gasteiger partial charge in [0.2, 0.25) is 0 Å². The molecule has 1 saturated heterocycles. The predicted molar refractivity (Wildman–Crippen MR) is 133 cm³/mol. The van der Waals surface area contributed by atoms with E-state index in [0.29, 0.717) is 22.8 Å². The number of anilines is 2. The summed E-state index contributed by atoms with van der Waals surface area (Å²) < 4.78 is 33.6. The van der Waals surface area contributed by atoms with Gasteiger partial charge in [-0.3, -0.25) is 9.52 Å². The smallest absolute Gasteiger partial charge is 0.263 e. The third kappa shape index (κ3) is 6.13. The standard InChI is InChI=1S/C24H26N4O4S2/c1-16-14-23(26-17(2)25-16)28-34(30,31)20-11-9-18(10-12-20)27-24(29)21-7-3-4-8-22(21)33-15-19-6-5-13-32-19/h3-4,7-12,14,19H,5-6,13,15H2,1-2H3,(H,27,29)(H,25,26,28)/t19-/m0/s1. The van der Waals surface area contributed by atoms with Gasteiger partial charge in [-0.25, -0.2) is 18.4 Å². The number of hydrogen-bond acceptors (Lipinski definition) is 7. The fourth-order valence-electron chi connectivity index (χ4n) is 3.62. The normalized spacial score (nSPS) is 15.8. The number of nitrogens with one attached hydrogen (secondary N) is 2. The zero-order valence-corrected chi connectivity index (χ0v) is 20.6. The number of benzene rings is 2. The van der Waals surface area contributed by atoms with Crippen molar-refractivity contribution >= 4 is 39.2 Å². The number of amides is 1. The van der Waals surface area contributed by atoms with Crippen LogP contribution in [0.3, 0.4) is 0 Å². The number of sulfonamides is 1. The summed E-state index contributed by atoms with van der Waals surface area (Å²) in [5, 5.41) is 2.85. The molecule has 1 aliphatic rings. The number of ether oxygens (including phenoxy) is 1. The molecule has 1 aliphatic heterocycles. The van der Waals surface area contributed by atoms with Crippen molar-refractivity contribution in [1.82, 2.24) is 9.97 Å². The molecule has 0 saturated carbocycles. The molecular formula is C24H26N4O4S2. The lowest BCUT2D eigenvalue weighted by atomic mass is 10.2. The number of hydrogen-bond donors (Lipinski definition) is 2. The third-order valence-corrected chi connectivity index (χ3v) is 7.78. The van der Waals surface area contributed by atoms with E-state index in [4.69, 9.17) is 4.74 Å². The van der Waals surface area contributed by atoms with Gasteiger partial charge in [0, 0.05) is 34.7 Å². The quantitative estimate of drug-likeness (QED) is 0.443. The van der Waals surface area contributed by atoms with Gasteiger partial charge in [-0.2, -0.15) is 0 Å². The molecule has 4 rings (SSSR count). The highest BCUT2D eigenvalue weighted by atomic mass is 32.2. The number of carbonyl (C=O) groups excluding carboxylic acids is 1. The van der Waals surface area contributed by atoms with E-state index in [1.165, 1.54) is 12.1 Å². The number of rotatable bonds is 8. The molecule has 178 valence electrons. The van der Waals surface area contributed by atoms with Crippen molar-refractivity contribution in [3.8, 4) is 0 Å². The Balaban J connectivity index is 1.43. The Labute approximate surface area is 203 Å². The minimum absolute atomic E-state index is 0.0620. The zero-order chi connectivity index (χ0) is 24.1. The second-order valence-electron chi connectivity index (χ2n) is 7.97. The Morgan fingerprint density at radius 1 is 1.12 bits per heavy atom. The molecule has 1 aromatic heterocycles. The predicted octanol–water partition coefficient (Wildman–Crippen LogP) is 4.42. The highest BCUT2D eigenvalue weighted by molar-refractivity contribution is 7.99. The summed E-state index contributed by atoms with van der Waals surface area (Å²) in [7, 11) is -3.83. The summed E-state index contributed by atoms with van der Waals surface area (Å²) in [6.45, 7) is 4.26. The fourth-order valence-corrected chi connectivity index (χ4v) is 5.73. The van der Waals surface area contributed by atoms with Crippen molar-refractivity contribution in [3.63, 3.8) is 0 Å². The van der Waals surface area contributed by atoms with Crippen molar-refractivity contribution in [1.29, 1.82) is 0 Å². The van der Waals surface area contributed by atoms with Gasteiger partial charge in [-0.05, 0) is 63.1 Å². The Hall–Kier alpha value is -2.95. The molecule has 2 aromatic carbocycles. The first kappa shape index (κ1) is 24.2. The Morgan fingerprint density at radius 3 is 2.59 bits per heavy atom. The van der Waals surface area contributed by atoms with Crippen molar-refractivity contribution in [2.24, 2.45) is 0 Å². The van der Waals surface area contributed by atoms with E-state index in [-0.39, 0.29) is 22.7 Å². The summed E-state index contributed by atoms with van der Waals surface area (Å²) in [5.74, 6) is 1.23. The molecule has 34 heavy (non-hydrogen) atoms. The zero-order valence-electron chi connectivity index (χ0n) is 18.9. The van der Waals surface area contributed by atoms with Crippen LogP contribution in [-0.4, -0.2) is 42.8 Å². The van der Waals surface area contributed by atoms with Gasteiger partial charge in [-0.1, -0.05) is 12.1 Å². The summed E-state index contributed by atoms with van der Waals surface area (Å²) in [4.78, 5) is 22.1. The average molecular weight is 499 g/mol. The van der Waals surface area contributed by atoms with Crippen LogP contribution in [-0.2, 0) is 14.8 Å². The molecule has 0 spiro atoms. The van der Waals surface area contributed by atoms with Gasteiger partial charge in [0.15, 0.2) is 0 Å². The second kappa shape index (κ2) is 10.5. The maximum atomic E-state index is 12.9. The lowest BCUT2D eigenvalue weighted by molar-refractivity contribution is 0.102. The minimum Gasteiger partial charge on any atom is -0.377 e. The van der Waals surface area contributed by atoms with E-state index >= 15 is 0 Å². The fraction of sp³-hybridized carbons (Fsp3) is 0.292. The van der Waals surface area contributed by atoms with Crippen molar-refractivity contribution < 1.29 is 17.9 Å². The van der Waals surface area contributed by atoms with Gasteiger partial charge in [0.1, 0.15) is 11.6 Å². The summed E-state index contributed by atoms with van der Waals surface area (Å²) in [6.07, 6.45) is 2.34. The Bertz CT molecular complexity index is 1250. The first-order chi connectivity index (χ1) is 16.3. The largest absolute Gasteiger partial charge is 0.377 e. The monoisotopic (exact) mass is 498 g/mol. The summed E-state index contributed by atoms with van der Waals surface area (Å²) >= 11 is 1.61. The van der Waals surface area contributed by atoms with E-state index in [9.17, 15) is 13.2 Å². The van der Waals surface area contributed by atoms with E-state index in [0.717, 1.165) is 30.1 Å². The van der Waals surface area contributed by atoms with Gasteiger partial charge in [0.25, 0.3) is 15.9 Å². The van der Waals surface area contributed by atoms with Crippen LogP contribution in [0.5, 0.6) is 0 Å². The third-order valence-electron chi connectivity index (χ3n) is 5.21. The number of aryl methyl sites for hydroxylation is 2. The van der Waals surface area contributed by atoms with Crippen LogP contribution in [0.25, 0.3) is 0 Å². The topological polar surface area (TPSA) is 110 Å². The number of thioether (sulfide) groups is 1. The van der Waals surface area contributed by atoms with Crippen LogP contribution >= 0.6 is 11.8 Å². The molecule has 0 radical (unpaired) electrons. The second-order valence-corrected chi connectivity index (χ2v) is 10.7. The molecule has 3 aromatic rings. The van der Waals surface area contributed by atoms with Crippen molar-refractivity contribution in [2.75, 3.05) is 22.4 Å². The molecule has 2 heterocycles. The lowest BCUT2D eigenvalue weighted by Crippen LogP contribution is -2.16. The maximum Gasteiger partial charge on any atom is 0.263 e. The van der Waals surface area contributed by atoms with Gasteiger partial charge >= 0.3 is 0 Å². The Morgan fingerprint density at radius 2 is 1.88 bits per heavy atom. The van der Waals surface area contributed by atoms with E-state index in [2.05, 4.69) is 20.0 Å². The SMILES string of the molecule is Cc1cc(NS(=O)(=O)c2ccc(NC(=O)c3ccccc3SC[C@@H]3CCCO3)cc2)nc(C)n1. The summed E-state index contributed by atoms with van der Waals surface area (Å²) in [6, 6.07) is 15.0. The molecule has 10 heteroatoms. The molecule has 1 fully saturated rings. The van der Waals surface area contributed by atoms with Gasteiger partial charge in [0.05, 0.1) is 16.6 Å². The van der Waals surface area contributed by atoms with E-state index in [1.807, 2.05) is 18.2 Å². The number of aromatic nitrogens is 2. The molecule has 8 nitrogen and oxygen atoms in total. The molecule has 2 N–H and O–H groups in total. The minimum atomic E-state index is -3.83. The van der Waals surface area contributed by atoms with Gasteiger partial charge < -0.3 is 10.1 Å². The number of carbonyl (C=O) groups is 1. The highest BCUT2D eigenvalue weighted by Gasteiger charge is 2.19. The van der Waals surface area contributed by atoms with Crippen LogP contribution in [0.1, 0.15) is 34.7 Å². The highest BCUT2D eigenvalue weighted by Crippen LogP contribution is 2.27. The van der Waals surface area contributed by atoms with E-state index in [1.54, 1.807) is 49.9 Å². The molecule has 1 atom stereocenters. The first-order valence-electron chi connectivity index (χ1n) is 10.9. The van der Waals surface area contributed by atoms with Gasteiger partial charge in [-0.15, -0.1) is 11.8 Å². The van der Waals surface area contributed by atoms with Crippen LogP contribution in [0, 0.1) is 13.8 Å². The Kier molecular flexibility index (Phi) is 7.50. The van der Waals surface area contributed by atoms with E-state index < -0.39 is 10.0 Å². The van der Waals surface area contributed by atoms with Crippen molar-refractivity contribution in [3.05, 3.63) is 71.7 Å².